The Morgan fingerprint density at radius 2 is 2.06 bits per heavy atom. The molecule has 18 heavy (non-hydrogen) atoms. The van der Waals surface area contributed by atoms with E-state index in [4.69, 9.17) is 27.9 Å². The van der Waals surface area contributed by atoms with E-state index in [-0.39, 0.29) is 17.9 Å². The molecule has 0 saturated heterocycles. The molecule has 0 aliphatic rings. The summed E-state index contributed by atoms with van der Waals surface area (Å²) in [6.45, 7) is 4.41. The topological polar surface area (TPSA) is 38.3 Å². The molecule has 0 saturated carbocycles. The molecule has 1 N–H and O–H groups in total. The first-order chi connectivity index (χ1) is 8.45. The minimum atomic E-state index is -0.346. The zero-order valence-corrected chi connectivity index (χ0v) is 12.2. The van der Waals surface area contributed by atoms with Crippen LogP contribution in [0.5, 0.6) is 0 Å². The SMILES string of the molecule is COC(=O)[C@H](NCc1ccc(Cl)cc1Cl)C(C)C. The maximum Gasteiger partial charge on any atom is 0.323 e. The number of nitrogens with one attached hydrogen (secondary N) is 1. The van der Waals surface area contributed by atoms with Crippen LogP contribution in [-0.2, 0) is 16.1 Å². The molecule has 1 aromatic rings. The number of carbonyl (C=O) groups excluding carboxylic acids is 1. The third-order valence-corrected chi connectivity index (χ3v) is 3.24. The molecule has 1 atom stereocenters. The van der Waals surface area contributed by atoms with E-state index in [9.17, 15) is 4.79 Å². The van der Waals surface area contributed by atoms with Crippen molar-refractivity contribution in [2.45, 2.75) is 26.4 Å². The molecule has 0 aromatic heterocycles. The Morgan fingerprint density at radius 3 is 2.56 bits per heavy atom. The molecule has 0 fully saturated rings. The molecular weight excluding hydrogens is 273 g/mol. The van der Waals surface area contributed by atoms with Crippen LogP contribution >= 0.6 is 23.2 Å². The zero-order valence-electron chi connectivity index (χ0n) is 10.7. The molecule has 0 bridgehead atoms. The van der Waals surface area contributed by atoms with Gasteiger partial charge in [0.25, 0.3) is 0 Å². The Hall–Kier alpha value is -0.770. The number of ether oxygens (including phenoxy) is 1. The molecule has 5 heteroatoms. The lowest BCUT2D eigenvalue weighted by molar-refractivity contribution is -0.144. The average Bonchev–Trinajstić information content (AvgIpc) is 2.31. The third kappa shape index (κ3) is 4.16. The second kappa shape index (κ2) is 6.98. The molecule has 0 aliphatic heterocycles. The number of esters is 1. The Kier molecular flexibility index (Phi) is 5.93. The smallest absolute Gasteiger partial charge is 0.323 e. The highest BCUT2D eigenvalue weighted by Crippen LogP contribution is 2.21. The summed E-state index contributed by atoms with van der Waals surface area (Å²) in [5.41, 5.74) is 0.899. The molecule has 1 rings (SSSR count). The molecule has 0 amide bonds. The quantitative estimate of drug-likeness (QED) is 0.846. The van der Waals surface area contributed by atoms with Gasteiger partial charge in [-0.2, -0.15) is 0 Å². The number of halogens is 2. The second-order valence-corrected chi connectivity index (χ2v) is 5.21. The second-order valence-electron chi connectivity index (χ2n) is 4.36. The van der Waals surface area contributed by atoms with Crippen molar-refractivity contribution in [3.63, 3.8) is 0 Å². The van der Waals surface area contributed by atoms with Gasteiger partial charge in [-0.05, 0) is 23.6 Å². The molecule has 0 aliphatic carbocycles. The lowest BCUT2D eigenvalue weighted by Gasteiger charge is -2.20. The van der Waals surface area contributed by atoms with E-state index in [1.165, 1.54) is 7.11 Å². The summed E-state index contributed by atoms with van der Waals surface area (Å²) in [7, 11) is 1.38. The van der Waals surface area contributed by atoms with Crippen LogP contribution in [0, 0.1) is 5.92 Å². The number of methoxy groups -OCH3 is 1. The number of rotatable bonds is 5. The van der Waals surface area contributed by atoms with Gasteiger partial charge in [0.2, 0.25) is 0 Å². The maximum absolute atomic E-state index is 11.6. The van der Waals surface area contributed by atoms with Gasteiger partial charge in [-0.3, -0.25) is 4.79 Å². The molecule has 100 valence electrons. The van der Waals surface area contributed by atoms with Crippen LogP contribution in [0.4, 0.5) is 0 Å². The molecule has 1 aromatic carbocycles. The van der Waals surface area contributed by atoms with Crippen molar-refractivity contribution in [1.82, 2.24) is 5.32 Å². The van der Waals surface area contributed by atoms with Crippen molar-refractivity contribution in [3.8, 4) is 0 Å². The number of hydrogen-bond acceptors (Lipinski definition) is 3. The van der Waals surface area contributed by atoms with Gasteiger partial charge in [0.05, 0.1) is 7.11 Å². The van der Waals surface area contributed by atoms with Gasteiger partial charge >= 0.3 is 5.97 Å². The summed E-state index contributed by atoms with van der Waals surface area (Å²) in [6.07, 6.45) is 0. The largest absolute Gasteiger partial charge is 0.468 e. The Balaban J connectivity index is 2.70. The lowest BCUT2D eigenvalue weighted by atomic mass is 10.0. The highest BCUT2D eigenvalue weighted by atomic mass is 35.5. The highest BCUT2D eigenvalue weighted by Gasteiger charge is 2.22. The van der Waals surface area contributed by atoms with E-state index in [0.717, 1.165) is 5.56 Å². The zero-order chi connectivity index (χ0) is 13.7. The normalized spacial score (nSPS) is 12.6. The van der Waals surface area contributed by atoms with Crippen molar-refractivity contribution >= 4 is 29.2 Å². The van der Waals surface area contributed by atoms with E-state index in [1.807, 2.05) is 19.9 Å². The van der Waals surface area contributed by atoms with E-state index in [1.54, 1.807) is 12.1 Å². The van der Waals surface area contributed by atoms with Crippen LogP contribution in [-0.4, -0.2) is 19.1 Å². The van der Waals surface area contributed by atoms with Gasteiger partial charge in [0, 0.05) is 16.6 Å². The first-order valence-electron chi connectivity index (χ1n) is 5.70. The van der Waals surface area contributed by atoms with E-state index in [0.29, 0.717) is 16.6 Å². The molecule has 0 spiro atoms. The lowest BCUT2D eigenvalue weighted by Crippen LogP contribution is -2.41. The molecule has 0 radical (unpaired) electrons. The van der Waals surface area contributed by atoms with Gasteiger partial charge < -0.3 is 10.1 Å². The minimum absolute atomic E-state index is 0.142. The van der Waals surface area contributed by atoms with Gasteiger partial charge in [0.1, 0.15) is 6.04 Å². The minimum Gasteiger partial charge on any atom is -0.468 e. The van der Waals surface area contributed by atoms with Gasteiger partial charge in [-0.15, -0.1) is 0 Å². The fourth-order valence-corrected chi connectivity index (χ4v) is 2.08. The predicted octanol–water partition coefficient (Wildman–Crippen LogP) is 3.28. The van der Waals surface area contributed by atoms with Crippen molar-refractivity contribution in [3.05, 3.63) is 33.8 Å². The Labute approximate surface area is 117 Å². The third-order valence-electron chi connectivity index (χ3n) is 2.65. The fraction of sp³-hybridized carbons (Fsp3) is 0.462. The summed E-state index contributed by atoms with van der Waals surface area (Å²) < 4.78 is 4.76. The summed E-state index contributed by atoms with van der Waals surface area (Å²) in [5, 5.41) is 4.32. The molecule has 0 heterocycles. The number of hydrogen-bond donors (Lipinski definition) is 1. The van der Waals surface area contributed by atoms with Gasteiger partial charge in [-0.1, -0.05) is 43.1 Å². The van der Waals surface area contributed by atoms with E-state index >= 15 is 0 Å². The van der Waals surface area contributed by atoms with Crippen LogP contribution in [0.25, 0.3) is 0 Å². The van der Waals surface area contributed by atoms with Crippen LogP contribution in [0.15, 0.2) is 18.2 Å². The monoisotopic (exact) mass is 289 g/mol. The number of benzene rings is 1. The first kappa shape index (κ1) is 15.3. The van der Waals surface area contributed by atoms with E-state index < -0.39 is 0 Å². The van der Waals surface area contributed by atoms with Crippen molar-refractivity contribution < 1.29 is 9.53 Å². The fourth-order valence-electron chi connectivity index (χ4n) is 1.60. The van der Waals surface area contributed by atoms with Crippen LogP contribution in [0.3, 0.4) is 0 Å². The molecule has 3 nitrogen and oxygen atoms in total. The highest BCUT2D eigenvalue weighted by molar-refractivity contribution is 6.35. The van der Waals surface area contributed by atoms with Crippen molar-refractivity contribution in [2.75, 3.05) is 7.11 Å². The van der Waals surface area contributed by atoms with Crippen molar-refractivity contribution in [2.24, 2.45) is 5.92 Å². The summed E-state index contributed by atoms with van der Waals surface area (Å²) >= 11 is 11.9. The summed E-state index contributed by atoms with van der Waals surface area (Å²) in [4.78, 5) is 11.6. The maximum atomic E-state index is 11.6. The first-order valence-corrected chi connectivity index (χ1v) is 6.46. The van der Waals surface area contributed by atoms with E-state index in [2.05, 4.69) is 5.32 Å². The van der Waals surface area contributed by atoms with Crippen molar-refractivity contribution in [1.29, 1.82) is 0 Å². The Bertz CT molecular complexity index is 421. The molecular formula is C13H17Cl2NO2. The average molecular weight is 290 g/mol. The molecule has 0 unspecified atom stereocenters. The van der Waals surface area contributed by atoms with Crippen LogP contribution < -0.4 is 5.32 Å². The number of carbonyl (C=O) groups is 1. The summed E-state index contributed by atoms with van der Waals surface area (Å²) in [5.74, 6) is -0.126. The van der Waals surface area contributed by atoms with Gasteiger partial charge in [0.15, 0.2) is 0 Å². The predicted molar refractivity (Wildman–Crippen MR) is 73.9 cm³/mol. The summed E-state index contributed by atoms with van der Waals surface area (Å²) in [6, 6.07) is 4.95. The van der Waals surface area contributed by atoms with Gasteiger partial charge in [-0.25, -0.2) is 0 Å². The van der Waals surface area contributed by atoms with Crippen LogP contribution in [0.2, 0.25) is 10.0 Å². The van der Waals surface area contributed by atoms with Crippen LogP contribution in [0.1, 0.15) is 19.4 Å². The standard InChI is InChI=1S/C13H17Cl2NO2/c1-8(2)12(13(17)18-3)16-7-9-4-5-10(14)6-11(9)15/h4-6,8,12,16H,7H2,1-3H3/t12-/m1/s1. The Morgan fingerprint density at radius 1 is 1.39 bits per heavy atom.